The third-order valence-corrected chi connectivity index (χ3v) is 8.53. The highest BCUT2D eigenvalue weighted by molar-refractivity contribution is 7.99. The van der Waals surface area contributed by atoms with Crippen LogP contribution in [0.25, 0.3) is 10.9 Å². The molecule has 2 aromatic carbocycles. The second kappa shape index (κ2) is 13.8. The molecular weight excluding hydrogens is 503 g/mol. The van der Waals surface area contributed by atoms with Gasteiger partial charge in [-0.15, -0.1) is 11.8 Å². The van der Waals surface area contributed by atoms with E-state index >= 15 is 4.39 Å². The summed E-state index contributed by atoms with van der Waals surface area (Å²) in [7, 11) is 3.27. The van der Waals surface area contributed by atoms with Gasteiger partial charge >= 0.3 is 5.97 Å². The van der Waals surface area contributed by atoms with Crippen LogP contribution < -0.4 is 9.47 Å². The summed E-state index contributed by atoms with van der Waals surface area (Å²) >= 11 is 1.81. The Kier molecular flexibility index (Phi) is 10.2. The molecule has 1 fully saturated rings. The molecule has 204 valence electrons. The molecule has 1 aromatic heterocycles. The van der Waals surface area contributed by atoms with Gasteiger partial charge in [0, 0.05) is 29.4 Å². The molecule has 1 aliphatic heterocycles. The molecule has 0 radical (unpaired) electrons. The molecule has 0 spiro atoms. The topological polar surface area (TPSA) is 71.9 Å². The number of alkyl halides is 1. The zero-order valence-electron chi connectivity index (χ0n) is 22.1. The predicted octanol–water partition coefficient (Wildman–Crippen LogP) is 6.64. The van der Waals surface area contributed by atoms with Crippen molar-refractivity contribution in [2.24, 2.45) is 11.8 Å². The second-order valence-electron chi connectivity index (χ2n) is 9.92. The van der Waals surface area contributed by atoms with Gasteiger partial charge in [-0.05, 0) is 104 Å². The first-order valence-electron chi connectivity index (χ1n) is 13.2. The van der Waals surface area contributed by atoms with Crippen molar-refractivity contribution in [2.45, 2.75) is 43.2 Å². The number of pyridine rings is 1. The fourth-order valence-corrected chi connectivity index (χ4v) is 6.31. The van der Waals surface area contributed by atoms with Crippen LogP contribution in [-0.2, 0) is 4.79 Å². The monoisotopic (exact) mass is 540 g/mol. The van der Waals surface area contributed by atoms with Crippen LogP contribution in [-0.4, -0.2) is 60.6 Å². The van der Waals surface area contributed by atoms with E-state index < -0.39 is 12.1 Å². The van der Waals surface area contributed by atoms with Crippen molar-refractivity contribution in [3.8, 4) is 11.5 Å². The minimum atomic E-state index is -1.13. The summed E-state index contributed by atoms with van der Waals surface area (Å²) in [6, 6.07) is 15.3. The summed E-state index contributed by atoms with van der Waals surface area (Å²) in [5, 5.41) is 10.3. The lowest BCUT2D eigenvalue weighted by molar-refractivity contribution is -0.139. The largest absolute Gasteiger partial charge is 0.497 e. The number of piperidine rings is 1. The lowest BCUT2D eigenvalue weighted by Crippen LogP contribution is -2.42. The maximum atomic E-state index is 15.5. The third kappa shape index (κ3) is 7.60. The summed E-state index contributed by atoms with van der Waals surface area (Å²) < 4.78 is 26.1. The SMILES string of the molecule is COc1cccc(SCCCN2CC[C@@H](CC[C@H](F)c3ccnc4ccc(OC)cc34)[C@@H](CC(=O)O)C2)c1. The number of methoxy groups -OCH3 is 2. The van der Waals surface area contributed by atoms with Crippen LogP contribution in [0.3, 0.4) is 0 Å². The van der Waals surface area contributed by atoms with Crippen LogP contribution in [0, 0.1) is 11.8 Å². The average molecular weight is 541 g/mol. The number of hydrogen-bond donors (Lipinski definition) is 1. The molecule has 0 unspecified atom stereocenters. The van der Waals surface area contributed by atoms with Crippen LogP contribution in [0.4, 0.5) is 4.39 Å². The smallest absolute Gasteiger partial charge is 0.303 e. The number of aliphatic carboxylic acids is 1. The number of benzene rings is 2. The minimum Gasteiger partial charge on any atom is -0.497 e. The molecule has 6 nitrogen and oxygen atoms in total. The summed E-state index contributed by atoms with van der Waals surface area (Å²) in [6.45, 7) is 2.63. The molecule has 0 saturated carbocycles. The Morgan fingerprint density at radius 3 is 2.76 bits per heavy atom. The molecule has 8 heteroatoms. The molecule has 38 heavy (non-hydrogen) atoms. The molecule has 3 atom stereocenters. The van der Waals surface area contributed by atoms with Crippen LogP contribution in [0.2, 0.25) is 0 Å². The Balaban J connectivity index is 1.30. The highest BCUT2D eigenvalue weighted by Gasteiger charge is 2.31. The number of ether oxygens (including phenoxy) is 2. The molecule has 3 aromatic rings. The van der Waals surface area contributed by atoms with Crippen molar-refractivity contribution >= 4 is 28.6 Å². The molecule has 4 rings (SSSR count). The first kappa shape index (κ1) is 28.2. The normalized spacial score (nSPS) is 18.8. The summed E-state index contributed by atoms with van der Waals surface area (Å²) in [5.74, 6) is 1.99. The van der Waals surface area contributed by atoms with Crippen molar-refractivity contribution in [1.82, 2.24) is 9.88 Å². The van der Waals surface area contributed by atoms with Gasteiger partial charge in [-0.25, -0.2) is 4.39 Å². The van der Waals surface area contributed by atoms with E-state index in [2.05, 4.69) is 16.0 Å². The number of nitrogens with zero attached hydrogens (tertiary/aromatic N) is 2. The Morgan fingerprint density at radius 1 is 1.16 bits per heavy atom. The molecule has 1 N–H and O–H groups in total. The Morgan fingerprint density at radius 2 is 1.97 bits per heavy atom. The lowest BCUT2D eigenvalue weighted by Gasteiger charge is -2.38. The molecule has 0 amide bonds. The summed E-state index contributed by atoms with van der Waals surface area (Å²) in [5.41, 5.74) is 1.36. The fourth-order valence-electron chi connectivity index (χ4n) is 5.43. The van der Waals surface area contributed by atoms with E-state index in [9.17, 15) is 9.90 Å². The van der Waals surface area contributed by atoms with E-state index in [1.165, 1.54) is 4.90 Å². The number of likely N-dealkylation sites (tertiary alicyclic amines) is 1. The molecule has 2 heterocycles. The minimum absolute atomic E-state index is 0.0359. The molecular formula is C30H37FN2O4S. The van der Waals surface area contributed by atoms with Gasteiger partial charge in [0.05, 0.1) is 19.7 Å². The van der Waals surface area contributed by atoms with E-state index in [4.69, 9.17) is 9.47 Å². The van der Waals surface area contributed by atoms with Gasteiger partial charge in [-0.2, -0.15) is 0 Å². The Labute approximate surface area is 228 Å². The van der Waals surface area contributed by atoms with Crippen LogP contribution in [0.1, 0.15) is 43.8 Å². The predicted molar refractivity (Wildman–Crippen MR) is 150 cm³/mol. The number of carbonyl (C=O) groups is 1. The summed E-state index contributed by atoms with van der Waals surface area (Å²) in [4.78, 5) is 19.6. The van der Waals surface area contributed by atoms with Gasteiger partial charge in [0.25, 0.3) is 0 Å². The van der Waals surface area contributed by atoms with E-state index in [1.54, 1.807) is 26.5 Å². The maximum Gasteiger partial charge on any atom is 0.303 e. The highest BCUT2D eigenvalue weighted by atomic mass is 32.2. The molecule has 0 bridgehead atoms. The van der Waals surface area contributed by atoms with Crippen molar-refractivity contribution in [3.63, 3.8) is 0 Å². The lowest BCUT2D eigenvalue weighted by atomic mass is 9.79. The van der Waals surface area contributed by atoms with Crippen LogP contribution in [0.15, 0.2) is 59.6 Å². The van der Waals surface area contributed by atoms with Gasteiger partial charge < -0.3 is 19.5 Å². The van der Waals surface area contributed by atoms with E-state index in [0.29, 0.717) is 24.2 Å². The highest BCUT2D eigenvalue weighted by Crippen LogP contribution is 2.36. The number of rotatable bonds is 13. The number of thioether (sulfide) groups is 1. The number of carboxylic acid groups (broad SMARTS) is 1. The van der Waals surface area contributed by atoms with Crippen molar-refractivity contribution in [3.05, 3.63) is 60.3 Å². The summed E-state index contributed by atoms with van der Waals surface area (Å²) in [6.07, 6.45) is 3.61. The Hall–Kier alpha value is -2.84. The quantitative estimate of drug-likeness (QED) is 0.193. The number of aromatic nitrogens is 1. The average Bonchev–Trinajstić information content (AvgIpc) is 2.93. The van der Waals surface area contributed by atoms with Crippen molar-refractivity contribution in [2.75, 3.05) is 39.6 Å². The van der Waals surface area contributed by atoms with Crippen LogP contribution in [0.5, 0.6) is 11.5 Å². The molecule has 1 aliphatic rings. The van der Waals surface area contributed by atoms with Crippen LogP contribution >= 0.6 is 11.8 Å². The van der Waals surface area contributed by atoms with Gasteiger partial charge in [-0.3, -0.25) is 9.78 Å². The number of carboxylic acids is 1. The van der Waals surface area contributed by atoms with E-state index in [1.807, 2.05) is 48.2 Å². The first-order chi connectivity index (χ1) is 18.5. The van der Waals surface area contributed by atoms with Gasteiger partial charge in [0.15, 0.2) is 0 Å². The van der Waals surface area contributed by atoms with Gasteiger partial charge in [-0.1, -0.05) is 6.07 Å². The first-order valence-corrected chi connectivity index (χ1v) is 14.2. The number of halogens is 1. The number of fused-ring (bicyclic) bond motifs is 1. The van der Waals surface area contributed by atoms with Gasteiger partial charge in [0.2, 0.25) is 0 Å². The molecule has 1 saturated heterocycles. The Bertz CT molecular complexity index is 1210. The maximum absolute atomic E-state index is 15.5. The zero-order chi connectivity index (χ0) is 26.9. The van der Waals surface area contributed by atoms with Gasteiger partial charge in [0.1, 0.15) is 17.7 Å². The second-order valence-corrected chi connectivity index (χ2v) is 11.1. The van der Waals surface area contributed by atoms with E-state index in [-0.39, 0.29) is 18.3 Å². The van der Waals surface area contributed by atoms with E-state index in [0.717, 1.165) is 54.9 Å². The van der Waals surface area contributed by atoms with Crippen molar-refractivity contribution in [1.29, 1.82) is 0 Å². The third-order valence-electron chi connectivity index (χ3n) is 7.45. The van der Waals surface area contributed by atoms with Crippen molar-refractivity contribution < 1.29 is 23.8 Å². The fraction of sp³-hybridized carbons (Fsp3) is 0.467. The standard InChI is InChI=1S/C30H37FN2O4S/c1-36-23-5-3-6-25(18-23)38-16-4-14-33-15-12-21(22(20-33)17-30(34)35)7-9-28(31)26-11-13-32-29-10-8-24(37-2)19-27(26)29/h3,5-6,8,10-11,13,18-19,21-22,28H,4,7,9,12,14-17,20H2,1-2H3,(H,34,35)/t21-,22+,28+/m1/s1. The number of hydrogen-bond acceptors (Lipinski definition) is 6. The zero-order valence-corrected chi connectivity index (χ0v) is 23.0. The molecule has 0 aliphatic carbocycles.